The van der Waals surface area contributed by atoms with Gasteiger partial charge in [-0.05, 0) is 36.4 Å². The average Bonchev–Trinajstić information content (AvgIpc) is 2.49. The molecular weight excluding hydrogens is 302 g/mol. The maximum Gasteiger partial charge on any atom is 0.273 e. The van der Waals surface area contributed by atoms with E-state index in [1.807, 2.05) is 0 Å². The van der Waals surface area contributed by atoms with E-state index in [9.17, 15) is 20.0 Å². The highest BCUT2D eigenvalue weighted by atomic mass is 32.2. The van der Waals surface area contributed by atoms with Gasteiger partial charge in [-0.25, -0.2) is 0 Å². The fraction of sp³-hybridized carbons (Fsp3) is 0.188. The number of hydrogen-bond donors (Lipinski definition) is 1. The van der Waals surface area contributed by atoms with Crippen molar-refractivity contribution in [3.63, 3.8) is 0 Å². The molecule has 0 saturated heterocycles. The molecule has 0 heterocycles. The minimum absolute atomic E-state index is 0.0307. The van der Waals surface area contributed by atoms with Crippen molar-refractivity contribution in [3.8, 4) is 5.75 Å². The van der Waals surface area contributed by atoms with Crippen LogP contribution in [0.25, 0.3) is 0 Å². The molecule has 6 heteroatoms. The van der Waals surface area contributed by atoms with Gasteiger partial charge in [0.05, 0.1) is 4.92 Å². The summed E-state index contributed by atoms with van der Waals surface area (Å²) in [6, 6.07) is 11.5. The summed E-state index contributed by atoms with van der Waals surface area (Å²) < 4.78 is 0. The first-order valence-corrected chi connectivity index (χ1v) is 7.57. The molecule has 0 amide bonds. The third-order valence-electron chi connectivity index (χ3n) is 3.10. The summed E-state index contributed by atoms with van der Waals surface area (Å²) in [6.07, 6.45) is 0.420. The zero-order valence-corrected chi connectivity index (χ0v) is 12.8. The average molecular weight is 317 g/mol. The van der Waals surface area contributed by atoms with Crippen molar-refractivity contribution in [2.24, 2.45) is 0 Å². The van der Waals surface area contributed by atoms with Gasteiger partial charge in [-0.15, -0.1) is 0 Å². The molecule has 0 saturated carbocycles. The number of Topliss-reactive ketones (excluding diaryl/α,β-unsaturated/α-hetero) is 1. The molecule has 0 radical (unpaired) electrons. The van der Waals surface area contributed by atoms with E-state index in [0.717, 1.165) is 9.79 Å². The number of benzene rings is 2. The Morgan fingerprint density at radius 1 is 1.18 bits per heavy atom. The number of nitro groups is 1. The van der Waals surface area contributed by atoms with Crippen LogP contribution in [0.15, 0.2) is 52.3 Å². The van der Waals surface area contributed by atoms with Crippen LogP contribution in [0.1, 0.15) is 18.9 Å². The van der Waals surface area contributed by atoms with Crippen LogP contribution in [-0.2, 0) is 11.2 Å². The number of phenols is 1. The van der Waals surface area contributed by atoms with Crippen molar-refractivity contribution < 1.29 is 14.8 Å². The molecule has 2 rings (SSSR count). The lowest BCUT2D eigenvalue weighted by Crippen LogP contribution is -2.04. The Balaban J connectivity index is 2.29. The second kappa shape index (κ2) is 7.09. The highest BCUT2D eigenvalue weighted by molar-refractivity contribution is 7.99. The van der Waals surface area contributed by atoms with Crippen LogP contribution in [0.3, 0.4) is 0 Å². The van der Waals surface area contributed by atoms with E-state index >= 15 is 0 Å². The Bertz CT molecular complexity index is 698. The molecule has 114 valence electrons. The number of nitro benzene ring substituents is 1. The Kier molecular flexibility index (Phi) is 5.16. The molecular formula is C16H15NO4S. The predicted octanol–water partition coefficient (Wildman–Crippen LogP) is 3.97. The van der Waals surface area contributed by atoms with Gasteiger partial charge >= 0.3 is 0 Å². The number of hydrogen-bond acceptors (Lipinski definition) is 5. The van der Waals surface area contributed by atoms with Crippen LogP contribution in [0, 0.1) is 10.1 Å². The van der Waals surface area contributed by atoms with Gasteiger partial charge in [-0.1, -0.05) is 18.7 Å². The highest BCUT2D eigenvalue weighted by Gasteiger charge is 2.16. The number of carbonyl (C=O) groups excluding carboxylic acids is 1. The van der Waals surface area contributed by atoms with Gasteiger partial charge in [-0.3, -0.25) is 14.9 Å². The Morgan fingerprint density at radius 2 is 1.82 bits per heavy atom. The molecule has 2 aromatic carbocycles. The molecule has 5 nitrogen and oxygen atoms in total. The summed E-state index contributed by atoms with van der Waals surface area (Å²) in [4.78, 5) is 23.9. The van der Waals surface area contributed by atoms with Crippen molar-refractivity contribution in [3.05, 3.63) is 58.1 Å². The van der Waals surface area contributed by atoms with E-state index in [4.69, 9.17) is 0 Å². The quantitative estimate of drug-likeness (QED) is 0.644. The lowest BCUT2D eigenvalue weighted by molar-refractivity contribution is -0.385. The SMILES string of the molecule is CCC(=O)Cc1cc(Sc2ccc(O)cc2)ccc1[N+](=O)[O-]. The topological polar surface area (TPSA) is 80.4 Å². The van der Waals surface area contributed by atoms with Crippen molar-refractivity contribution in [2.75, 3.05) is 0 Å². The van der Waals surface area contributed by atoms with Gasteiger partial charge in [0, 0.05) is 34.3 Å². The van der Waals surface area contributed by atoms with Crippen molar-refractivity contribution in [1.82, 2.24) is 0 Å². The van der Waals surface area contributed by atoms with E-state index in [-0.39, 0.29) is 23.6 Å². The van der Waals surface area contributed by atoms with E-state index < -0.39 is 4.92 Å². The Hall–Kier alpha value is -2.34. The van der Waals surface area contributed by atoms with Gasteiger partial charge in [0.15, 0.2) is 0 Å². The number of phenolic OH excluding ortho intramolecular Hbond substituents is 1. The molecule has 0 fully saturated rings. The highest BCUT2D eigenvalue weighted by Crippen LogP contribution is 2.32. The van der Waals surface area contributed by atoms with Crippen LogP contribution in [0.4, 0.5) is 5.69 Å². The Morgan fingerprint density at radius 3 is 2.41 bits per heavy atom. The number of carbonyl (C=O) groups is 1. The van der Waals surface area contributed by atoms with Crippen molar-refractivity contribution in [2.45, 2.75) is 29.6 Å². The minimum atomic E-state index is -0.465. The normalized spacial score (nSPS) is 10.4. The molecule has 1 N–H and O–H groups in total. The number of ketones is 1. The molecule has 0 aliphatic carbocycles. The predicted molar refractivity (Wildman–Crippen MR) is 84.3 cm³/mol. The monoisotopic (exact) mass is 317 g/mol. The standard InChI is InChI=1S/C16H15NO4S/c1-2-12(18)9-11-10-15(7-8-16(11)17(20)21)22-14-5-3-13(19)4-6-14/h3-8,10,19H,2,9H2,1H3. The summed E-state index contributed by atoms with van der Waals surface area (Å²) in [6.45, 7) is 1.74. The van der Waals surface area contributed by atoms with E-state index in [2.05, 4.69) is 0 Å². The molecule has 0 aliphatic heterocycles. The summed E-state index contributed by atoms with van der Waals surface area (Å²) >= 11 is 1.42. The molecule has 0 atom stereocenters. The molecule has 2 aromatic rings. The van der Waals surface area contributed by atoms with E-state index in [1.165, 1.54) is 17.8 Å². The second-order valence-electron chi connectivity index (χ2n) is 4.71. The Labute approximate surface area is 132 Å². The number of rotatable bonds is 6. The van der Waals surface area contributed by atoms with Crippen molar-refractivity contribution in [1.29, 1.82) is 0 Å². The summed E-state index contributed by atoms with van der Waals surface area (Å²) in [5, 5.41) is 20.3. The van der Waals surface area contributed by atoms with Gasteiger partial charge in [0.1, 0.15) is 11.5 Å². The zero-order valence-electron chi connectivity index (χ0n) is 12.0. The zero-order chi connectivity index (χ0) is 16.1. The second-order valence-corrected chi connectivity index (χ2v) is 5.86. The minimum Gasteiger partial charge on any atom is -0.508 e. The fourth-order valence-corrected chi connectivity index (χ4v) is 2.81. The summed E-state index contributed by atoms with van der Waals surface area (Å²) in [7, 11) is 0. The van der Waals surface area contributed by atoms with Crippen LogP contribution in [0.2, 0.25) is 0 Å². The van der Waals surface area contributed by atoms with Crippen LogP contribution in [-0.4, -0.2) is 15.8 Å². The van der Waals surface area contributed by atoms with Crippen LogP contribution < -0.4 is 0 Å². The first kappa shape index (κ1) is 16.0. The first-order valence-electron chi connectivity index (χ1n) is 6.75. The molecule has 0 bridgehead atoms. The lowest BCUT2D eigenvalue weighted by atomic mass is 10.1. The summed E-state index contributed by atoms with van der Waals surface area (Å²) in [5.74, 6) is 0.150. The number of aromatic hydroxyl groups is 1. The summed E-state index contributed by atoms with van der Waals surface area (Å²) in [5.41, 5.74) is 0.400. The third kappa shape index (κ3) is 4.08. The van der Waals surface area contributed by atoms with Crippen LogP contribution in [0.5, 0.6) is 5.75 Å². The van der Waals surface area contributed by atoms with Crippen LogP contribution >= 0.6 is 11.8 Å². The molecule has 0 unspecified atom stereocenters. The molecule has 0 spiro atoms. The first-order chi connectivity index (χ1) is 10.5. The van der Waals surface area contributed by atoms with Crippen molar-refractivity contribution >= 4 is 23.2 Å². The third-order valence-corrected chi connectivity index (χ3v) is 4.10. The van der Waals surface area contributed by atoms with Gasteiger partial charge in [-0.2, -0.15) is 0 Å². The van der Waals surface area contributed by atoms with Gasteiger partial charge in [0.25, 0.3) is 5.69 Å². The van der Waals surface area contributed by atoms with Gasteiger partial charge < -0.3 is 5.11 Å². The van der Waals surface area contributed by atoms with E-state index in [1.54, 1.807) is 43.3 Å². The molecule has 22 heavy (non-hydrogen) atoms. The fourth-order valence-electron chi connectivity index (χ4n) is 1.93. The largest absolute Gasteiger partial charge is 0.508 e. The lowest BCUT2D eigenvalue weighted by Gasteiger charge is -2.06. The van der Waals surface area contributed by atoms with Gasteiger partial charge in [0.2, 0.25) is 0 Å². The molecule has 0 aliphatic rings. The maximum absolute atomic E-state index is 11.6. The molecule has 0 aromatic heterocycles. The number of nitrogens with zero attached hydrogens (tertiary/aromatic N) is 1. The van der Waals surface area contributed by atoms with E-state index in [0.29, 0.717) is 12.0 Å². The smallest absolute Gasteiger partial charge is 0.273 e. The maximum atomic E-state index is 11.6.